The number of piperidine rings is 1. The predicted octanol–water partition coefficient (Wildman–Crippen LogP) is 3.17. The van der Waals surface area contributed by atoms with Gasteiger partial charge in [-0.1, -0.05) is 20.3 Å². The smallest absolute Gasteiger partial charge is 0.387 e. The first kappa shape index (κ1) is 29.6. The van der Waals surface area contributed by atoms with Crippen molar-refractivity contribution < 1.29 is 32.6 Å². The highest BCUT2D eigenvalue weighted by molar-refractivity contribution is 5.73. The fourth-order valence-corrected chi connectivity index (χ4v) is 2.79. The van der Waals surface area contributed by atoms with Gasteiger partial charge >= 0.3 is 6.61 Å². The number of alkyl halides is 2. The molecule has 0 aromatic heterocycles. The van der Waals surface area contributed by atoms with Crippen LogP contribution in [0.4, 0.5) is 8.78 Å². The summed E-state index contributed by atoms with van der Waals surface area (Å²) in [5.41, 5.74) is 0. The van der Waals surface area contributed by atoms with E-state index < -0.39 is 6.61 Å². The molecule has 1 amide bonds. The Bertz CT molecular complexity index is 559. The molecule has 7 nitrogen and oxygen atoms in total. The second-order valence-electron chi connectivity index (χ2n) is 6.28. The van der Waals surface area contributed by atoms with E-state index in [1.165, 1.54) is 18.6 Å². The van der Waals surface area contributed by atoms with Crippen LogP contribution in [0, 0.1) is 5.92 Å². The van der Waals surface area contributed by atoms with Gasteiger partial charge in [0.2, 0.25) is 5.91 Å². The molecule has 9 heteroatoms. The van der Waals surface area contributed by atoms with E-state index in [2.05, 4.69) is 23.9 Å². The second-order valence-corrected chi connectivity index (χ2v) is 6.28. The Hall–Kier alpha value is -2.55. The van der Waals surface area contributed by atoms with E-state index in [1.807, 2.05) is 25.5 Å². The molecule has 1 aliphatic heterocycles. The lowest BCUT2D eigenvalue weighted by Gasteiger charge is -2.37. The number of nitrogens with zero attached hydrogens (tertiary/aromatic N) is 1. The van der Waals surface area contributed by atoms with E-state index in [0.717, 1.165) is 13.0 Å². The van der Waals surface area contributed by atoms with E-state index in [0.29, 0.717) is 18.9 Å². The summed E-state index contributed by atoms with van der Waals surface area (Å²) in [6.07, 6.45) is 2.13. The second kappa shape index (κ2) is 18.5. The molecule has 1 aromatic rings. The number of ether oxygens (including phenoxy) is 2. The number of carbonyl (C=O) groups excluding carboxylic acids is 3. The minimum Gasteiger partial charge on any atom is -0.493 e. The number of rotatable bonds is 6. The van der Waals surface area contributed by atoms with Gasteiger partial charge in [0.05, 0.1) is 6.61 Å². The fourth-order valence-electron chi connectivity index (χ4n) is 2.79. The summed E-state index contributed by atoms with van der Waals surface area (Å²) in [6.45, 7) is 8.83. The van der Waals surface area contributed by atoms with Gasteiger partial charge in [-0.3, -0.25) is 4.79 Å². The van der Waals surface area contributed by atoms with Gasteiger partial charge in [-0.25, -0.2) is 0 Å². The van der Waals surface area contributed by atoms with Crippen molar-refractivity contribution in [2.24, 2.45) is 5.92 Å². The highest BCUT2D eigenvalue weighted by Gasteiger charge is 2.29. The first-order valence-electron chi connectivity index (χ1n) is 9.59. The molecule has 1 heterocycles. The summed E-state index contributed by atoms with van der Waals surface area (Å²) in [7, 11) is 1.90. The van der Waals surface area contributed by atoms with E-state index in [1.54, 1.807) is 19.1 Å². The summed E-state index contributed by atoms with van der Waals surface area (Å²) in [6, 6.07) is 6.36. The van der Waals surface area contributed by atoms with Gasteiger partial charge in [0, 0.05) is 32.0 Å². The van der Waals surface area contributed by atoms with Gasteiger partial charge in [-0.05, 0) is 37.7 Å². The lowest BCUT2D eigenvalue weighted by molar-refractivity contribution is -0.131. The molecule has 0 aliphatic carbocycles. The first-order chi connectivity index (χ1) is 14.4. The molecule has 1 fully saturated rings. The largest absolute Gasteiger partial charge is 0.493 e. The van der Waals surface area contributed by atoms with Crippen LogP contribution in [0.25, 0.3) is 0 Å². The van der Waals surface area contributed by atoms with E-state index in [-0.39, 0.29) is 23.6 Å². The molecule has 172 valence electrons. The predicted molar refractivity (Wildman–Crippen MR) is 112 cm³/mol. The summed E-state index contributed by atoms with van der Waals surface area (Å²) in [5, 5.41) is 3.26. The zero-order valence-corrected chi connectivity index (χ0v) is 18.2. The van der Waals surface area contributed by atoms with Crippen LogP contribution in [0.2, 0.25) is 0 Å². The maximum absolute atomic E-state index is 12.1. The molecular weight excluding hydrogens is 398 g/mol. The number of hydrogen-bond donors (Lipinski definition) is 1. The molecule has 0 unspecified atom stereocenters. The Morgan fingerprint density at radius 3 is 2.10 bits per heavy atom. The normalized spacial score (nSPS) is 17.2. The molecule has 2 atom stereocenters. The van der Waals surface area contributed by atoms with Crippen molar-refractivity contribution >= 4 is 19.5 Å². The van der Waals surface area contributed by atoms with Gasteiger partial charge in [0.25, 0.3) is 0 Å². The molecular formula is C21H34F2N2O5. The number of likely N-dealkylation sites (tertiary alicyclic amines) is 1. The molecule has 30 heavy (non-hydrogen) atoms. The first-order valence-corrected chi connectivity index (χ1v) is 9.59. The summed E-state index contributed by atoms with van der Waals surface area (Å²) in [4.78, 5) is 29.3. The third-order valence-electron chi connectivity index (χ3n) is 4.06. The van der Waals surface area contributed by atoms with E-state index in [4.69, 9.17) is 14.3 Å². The van der Waals surface area contributed by atoms with Gasteiger partial charge in [-0.15, -0.1) is 0 Å². The molecule has 1 aliphatic rings. The van der Waals surface area contributed by atoms with Crippen LogP contribution in [0.3, 0.4) is 0 Å². The molecule has 1 saturated heterocycles. The topological polar surface area (TPSA) is 84.9 Å². The Labute approximate surface area is 177 Å². The van der Waals surface area contributed by atoms with Gasteiger partial charge in [0.15, 0.2) is 0 Å². The number of hydrogen-bond acceptors (Lipinski definition) is 6. The van der Waals surface area contributed by atoms with Crippen molar-refractivity contribution in [3.8, 4) is 11.5 Å². The number of carbonyl (C=O) groups is 3. The quantitative estimate of drug-likeness (QED) is 0.743. The number of benzene rings is 1. The number of halogens is 2. The number of amides is 1. The van der Waals surface area contributed by atoms with Crippen molar-refractivity contribution in [3.63, 3.8) is 0 Å². The highest BCUT2D eigenvalue weighted by atomic mass is 19.3. The Morgan fingerprint density at radius 1 is 1.17 bits per heavy atom. The van der Waals surface area contributed by atoms with Crippen LogP contribution in [0.1, 0.15) is 33.6 Å². The SMILES string of the molecule is C=O.C=O.CCC.CN[C@H]1CCN(C(C)=O)C[C@@H]1COc1ccc(OC(F)F)cc1. The molecule has 2 rings (SSSR count). The molecule has 0 spiro atoms. The minimum atomic E-state index is -2.84. The zero-order valence-electron chi connectivity index (χ0n) is 18.2. The summed E-state index contributed by atoms with van der Waals surface area (Å²) >= 11 is 0. The van der Waals surface area contributed by atoms with Crippen molar-refractivity contribution in [2.75, 3.05) is 26.7 Å². The van der Waals surface area contributed by atoms with Gasteiger partial charge in [-0.2, -0.15) is 8.78 Å². The lowest BCUT2D eigenvalue weighted by Crippen LogP contribution is -2.51. The summed E-state index contributed by atoms with van der Waals surface area (Å²) < 4.78 is 34.2. The maximum Gasteiger partial charge on any atom is 0.387 e. The van der Waals surface area contributed by atoms with Crippen LogP contribution in [-0.2, 0) is 14.4 Å². The van der Waals surface area contributed by atoms with Crippen molar-refractivity contribution in [2.45, 2.75) is 46.3 Å². The summed E-state index contributed by atoms with van der Waals surface area (Å²) in [5.74, 6) is 0.926. The third kappa shape index (κ3) is 12.1. The highest BCUT2D eigenvalue weighted by Crippen LogP contribution is 2.22. The van der Waals surface area contributed by atoms with E-state index in [9.17, 15) is 13.6 Å². The van der Waals surface area contributed by atoms with Crippen molar-refractivity contribution in [1.82, 2.24) is 10.2 Å². The molecule has 0 radical (unpaired) electrons. The van der Waals surface area contributed by atoms with Crippen LogP contribution in [0.5, 0.6) is 11.5 Å². The third-order valence-corrected chi connectivity index (χ3v) is 4.06. The van der Waals surface area contributed by atoms with E-state index >= 15 is 0 Å². The van der Waals surface area contributed by atoms with Gasteiger partial charge in [0.1, 0.15) is 25.1 Å². The monoisotopic (exact) mass is 432 g/mol. The lowest BCUT2D eigenvalue weighted by atomic mass is 9.93. The fraction of sp³-hybridized carbons (Fsp3) is 0.571. The average Bonchev–Trinajstić information content (AvgIpc) is 2.76. The molecule has 1 aromatic carbocycles. The van der Waals surface area contributed by atoms with Crippen molar-refractivity contribution in [1.29, 1.82) is 0 Å². The van der Waals surface area contributed by atoms with Gasteiger partial charge < -0.3 is 29.3 Å². The average molecular weight is 433 g/mol. The minimum absolute atomic E-state index is 0.0676. The Kier molecular flexibility index (Phi) is 18.3. The van der Waals surface area contributed by atoms with Crippen LogP contribution < -0.4 is 14.8 Å². The van der Waals surface area contributed by atoms with Crippen LogP contribution >= 0.6 is 0 Å². The van der Waals surface area contributed by atoms with Crippen molar-refractivity contribution in [3.05, 3.63) is 24.3 Å². The van der Waals surface area contributed by atoms with Crippen LogP contribution in [-0.4, -0.2) is 63.8 Å². The molecule has 0 bridgehead atoms. The Balaban J connectivity index is 0. The zero-order chi connectivity index (χ0) is 23.5. The van der Waals surface area contributed by atoms with Crippen LogP contribution in [0.15, 0.2) is 24.3 Å². The maximum atomic E-state index is 12.1. The molecule has 0 saturated carbocycles. The Morgan fingerprint density at radius 2 is 1.67 bits per heavy atom. The molecule has 1 N–H and O–H groups in total. The standard InChI is InChI=1S/C16H22F2N2O3.C3H8.2CH2O/c1-11(21)20-8-7-15(19-2)12(9-20)10-22-13-3-5-14(6-4-13)23-16(17)18;1-3-2;2*1-2/h3-6,12,15-16,19H,7-10H2,1-2H3;3H2,1-2H3;2*1H2/t12-,15+;;;/m1.../s1. The number of nitrogens with one attached hydrogen (secondary N) is 1.